The van der Waals surface area contributed by atoms with Gasteiger partial charge in [-0.15, -0.1) is 0 Å². The van der Waals surface area contributed by atoms with Gasteiger partial charge in [0.15, 0.2) is 0 Å². The van der Waals surface area contributed by atoms with Crippen LogP contribution in [-0.2, 0) is 4.74 Å². The van der Waals surface area contributed by atoms with E-state index in [2.05, 4.69) is 0 Å². The normalized spacial score (nSPS) is 15.9. The summed E-state index contributed by atoms with van der Waals surface area (Å²) in [5, 5.41) is 0. The Kier molecular flexibility index (Phi) is 5.44. The van der Waals surface area contributed by atoms with Gasteiger partial charge in [0.25, 0.3) is 5.91 Å². The lowest BCUT2D eigenvalue weighted by atomic mass is 9.97. The van der Waals surface area contributed by atoms with Gasteiger partial charge in [0.1, 0.15) is 11.5 Å². The number of hydrogen-bond acceptors (Lipinski definition) is 4. The van der Waals surface area contributed by atoms with Crippen LogP contribution in [0.4, 0.5) is 0 Å². The molecule has 1 aliphatic heterocycles. The zero-order valence-corrected chi connectivity index (χ0v) is 12.9. The number of nitrogens with zero attached hydrogens (tertiary/aromatic N) is 1. The highest BCUT2D eigenvalue weighted by Gasteiger charge is 2.24. The first-order valence-corrected chi connectivity index (χ1v) is 7.19. The molecule has 0 aliphatic carbocycles. The summed E-state index contributed by atoms with van der Waals surface area (Å²) in [7, 11) is 4.89. The Bertz CT molecular complexity index is 459. The molecule has 1 aromatic rings. The molecule has 0 spiro atoms. The van der Waals surface area contributed by atoms with E-state index in [1.54, 1.807) is 39.5 Å². The maximum Gasteiger partial charge on any atom is 0.254 e. The molecule has 1 heterocycles. The highest BCUT2D eigenvalue weighted by atomic mass is 16.5. The molecule has 0 saturated carbocycles. The van der Waals surface area contributed by atoms with Crippen molar-refractivity contribution in [2.45, 2.75) is 12.8 Å². The lowest BCUT2D eigenvalue weighted by Gasteiger charge is -2.31. The SMILES string of the molecule is COCC1CCN(C(=O)c2cc(OC)cc(OC)c2)CC1. The van der Waals surface area contributed by atoms with Gasteiger partial charge in [-0.2, -0.15) is 0 Å². The van der Waals surface area contributed by atoms with Crippen LogP contribution in [-0.4, -0.2) is 51.8 Å². The molecule has 0 N–H and O–H groups in total. The molecule has 1 aromatic carbocycles. The van der Waals surface area contributed by atoms with Crippen LogP contribution in [0.5, 0.6) is 11.5 Å². The minimum absolute atomic E-state index is 0.0306. The van der Waals surface area contributed by atoms with E-state index in [1.165, 1.54) is 0 Å². The van der Waals surface area contributed by atoms with Gasteiger partial charge in [-0.05, 0) is 30.9 Å². The number of piperidine rings is 1. The number of likely N-dealkylation sites (tertiary alicyclic amines) is 1. The Morgan fingerprint density at radius 1 is 1.10 bits per heavy atom. The van der Waals surface area contributed by atoms with Crippen LogP contribution in [0.15, 0.2) is 18.2 Å². The number of hydrogen-bond donors (Lipinski definition) is 0. The quantitative estimate of drug-likeness (QED) is 0.835. The number of carbonyl (C=O) groups excluding carboxylic acids is 1. The maximum absolute atomic E-state index is 12.6. The average Bonchev–Trinajstić information content (AvgIpc) is 2.54. The summed E-state index contributed by atoms with van der Waals surface area (Å²) >= 11 is 0. The lowest BCUT2D eigenvalue weighted by molar-refractivity contribution is 0.0613. The molecule has 116 valence electrons. The third-order valence-electron chi connectivity index (χ3n) is 3.90. The number of rotatable bonds is 5. The zero-order chi connectivity index (χ0) is 15.2. The van der Waals surface area contributed by atoms with E-state index in [0.717, 1.165) is 32.5 Å². The van der Waals surface area contributed by atoms with Gasteiger partial charge in [0, 0.05) is 38.4 Å². The summed E-state index contributed by atoms with van der Waals surface area (Å²) < 4.78 is 15.6. The second kappa shape index (κ2) is 7.31. The van der Waals surface area contributed by atoms with Gasteiger partial charge in [-0.25, -0.2) is 0 Å². The van der Waals surface area contributed by atoms with Crippen molar-refractivity contribution in [3.63, 3.8) is 0 Å². The number of carbonyl (C=O) groups is 1. The Hall–Kier alpha value is -1.75. The van der Waals surface area contributed by atoms with Gasteiger partial charge in [0.05, 0.1) is 14.2 Å². The molecule has 1 saturated heterocycles. The molecule has 0 radical (unpaired) electrons. The summed E-state index contributed by atoms with van der Waals surface area (Å²) in [4.78, 5) is 14.5. The molecule has 0 unspecified atom stereocenters. The largest absolute Gasteiger partial charge is 0.497 e. The minimum Gasteiger partial charge on any atom is -0.497 e. The van der Waals surface area contributed by atoms with E-state index in [1.807, 2.05) is 4.90 Å². The molecule has 2 rings (SSSR count). The van der Waals surface area contributed by atoms with Crippen LogP contribution in [0.25, 0.3) is 0 Å². The van der Waals surface area contributed by atoms with Crippen molar-refractivity contribution in [1.82, 2.24) is 4.90 Å². The smallest absolute Gasteiger partial charge is 0.254 e. The van der Waals surface area contributed by atoms with E-state index in [-0.39, 0.29) is 5.91 Å². The van der Waals surface area contributed by atoms with Crippen LogP contribution in [0.1, 0.15) is 23.2 Å². The number of benzene rings is 1. The Morgan fingerprint density at radius 2 is 1.67 bits per heavy atom. The highest BCUT2D eigenvalue weighted by molar-refractivity contribution is 5.95. The summed E-state index contributed by atoms with van der Waals surface area (Å²) in [5.41, 5.74) is 0.608. The molecule has 21 heavy (non-hydrogen) atoms. The molecule has 5 heteroatoms. The predicted molar refractivity (Wildman–Crippen MR) is 80.0 cm³/mol. The first-order valence-electron chi connectivity index (χ1n) is 7.19. The molecule has 1 amide bonds. The third-order valence-corrected chi connectivity index (χ3v) is 3.90. The van der Waals surface area contributed by atoms with Crippen molar-refractivity contribution in [2.24, 2.45) is 5.92 Å². The molecule has 5 nitrogen and oxygen atoms in total. The van der Waals surface area contributed by atoms with Crippen molar-refractivity contribution >= 4 is 5.91 Å². The second-order valence-corrected chi connectivity index (χ2v) is 5.29. The van der Waals surface area contributed by atoms with Crippen molar-refractivity contribution in [1.29, 1.82) is 0 Å². The van der Waals surface area contributed by atoms with Gasteiger partial charge >= 0.3 is 0 Å². The molecule has 1 aliphatic rings. The minimum atomic E-state index is 0.0306. The summed E-state index contributed by atoms with van der Waals surface area (Å²) in [6, 6.07) is 5.28. The first-order chi connectivity index (χ1) is 10.2. The monoisotopic (exact) mass is 293 g/mol. The van der Waals surface area contributed by atoms with Crippen LogP contribution in [0.3, 0.4) is 0 Å². The number of ether oxygens (including phenoxy) is 3. The van der Waals surface area contributed by atoms with E-state index in [4.69, 9.17) is 14.2 Å². The molecule has 0 atom stereocenters. The van der Waals surface area contributed by atoms with E-state index in [9.17, 15) is 4.79 Å². The van der Waals surface area contributed by atoms with E-state index in [0.29, 0.717) is 23.0 Å². The van der Waals surface area contributed by atoms with E-state index < -0.39 is 0 Å². The van der Waals surface area contributed by atoms with Crippen molar-refractivity contribution in [3.05, 3.63) is 23.8 Å². The van der Waals surface area contributed by atoms with Crippen LogP contribution in [0.2, 0.25) is 0 Å². The second-order valence-electron chi connectivity index (χ2n) is 5.29. The van der Waals surface area contributed by atoms with Crippen molar-refractivity contribution in [2.75, 3.05) is 41.0 Å². The molecular formula is C16H23NO4. The first kappa shape index (κ1) is 15.6. The molecular weight excluding hydrogens is 270 g/mol. The van der Waals surface area contributed by atoms with Gasteiger partial charge in [-0.3, -0.25) is 4.79 Å². The van der Waals surface area contributed by atoms with Gasteiger partial charge < -0.3 is 19.1 Å². The Labute approximate surface area is 125 Å². The molecule has 1 fully saturated rings. The number of amides is 1. The van der Waals surface area contributed by atoms with Crippen LogP contribution in [0, 0.1) is 5.92 Å². The Balaban J connectivity index is 2.06. The average molecular weight is 293 g/mol. The third kappa shape index (κ3) is 3.88. The van der Waals surface area contributed by atoms with Crippen LogP contribution < -0.4 is 9.47 Å². The molecule has 0 bridgehead atoms. The summed E-state index contributed by atoms with van der Waals surface area (Å²) in [6.07, 6.45) is 1.97. The topological polar surface area (TPSA) is 48.0 Å². The fraction of sp³-hybridized carbons (Fsp3) is 0.562. The number of methoxy groups -OCH3 is 3. The van der Waals surface area contributed by atoms with Crippen LogP contribution >= 0.6 is 0 Å². The fourth-order valence-electron chi connectivity index (χ4n) is 2.65. The standard InChI is InChI=1S/C16H23NO4/c1-19-11-12-4-6-17(7-5-12)16(18)13-8-14(20-2)10-15(9-13)21-3/h8-10,12H,4-7,11H2,1-3H3. The highest BCUT2D eigenvalue weighted by Crippen LogP contribution is 2.25. The molecule has 0 aromatic heterocycles. The summed E-state index contributed by atoms with van der Waals surface area (Å²) in [6.45, 7) is 2.31. The van der Waals surface area contributed by atoms with E-state index >= 15 is 0 Å². The van der Waals surface area contributed by atoms with Gasteiger partial charge in [0.2, 0.25) is 0 Å². The maximum atomic E-state index is 12.6. The van der Waals surface area contributed by atoms with Gasteiger partial charge in [-0.1, -0.05) is 0 Å². The lowest BCUT2D eigenvalue weighted by Crippen LogP contribution is -2.39. The summed E-state index contributed by atoms with van der Waals surface area (Å²) in [5.74, 6) is 1.85. The fourth-order valence-corrected chi connectivity index (χ4v) is 2.65. The van der Waals surface area contributed by atoms with Crippen molar-refractivity contribution < 1.29 is 19.0 Å². The Morgan fingerprint density at radius 3 is 2.14 bits per heavy atom. The van der Waals surface area contributed by atoms with Crippen molar-refractivity contribution in [3.8, 4) is 11.5 Å². The zero-order valence-electron chi connectivity index (χ0n) is 12.9. The predicted octanol–water partition coefficient (Wildman–Crippen LogP) is 2.20.